The second kappa shape index (κ2) is 7.43. The molecule has 21 heavy (non-hydrogen) atoms. The molecule has 0 aromatic heterocycles. The Morgan fingerprint density at radius 1 is 1.38 bits per heavy atom. The van der Waals surface area contributed by atoms with Gasteiger partial charge in [-0.1, -0.05) is 0 Å². The second-order valence-electron chi connectivity index (χ2n) is 5.16. The summed E-state index contributed by atoms with van der Waals surface area (Å²) >= 11 is 0. The van der Waals surface area contributed by atoms with Crippen molar-refractivity contribution in [3.05, 3.63) is 29.3 Å². The van der Waals surface area contributed by atoms with E-state index in [2.05, 4.69) is 10.6 Å². The molecule has 2 amide bonds. The number of nitrogens with zero attached hydrogens (tertiary/aromatic N) is 1. The molecule has 1 aliphatic heterocycles. The molecule has 0 saturated heterocycles. The highest BCUT2D eigenvalue weighted by Gasteiger charge is 2.23. The minimum absolute atomic E-state index is 0. The first-order chi connectivity index (χ1) is 9.52. The Kier molecular flexibility index (Phi) is 6.18. The van der Waals surface area contributed by atoms with Gasteiger partial charge in [0.25, 0.3) is 5.91 Å². The highest BCUT2D eigenvalue weighted by molar-refractivity contribution is 5.97. The summed E-state index contributed by atoms with van der Waals surface area (Å²) in [5, 5.41) is 5.97. The number of amides is 2. The van der Waals surface area contributed by atoms with Gasteiger partial charge in [0.2, 0.25) is 5.91 Å². The summed E-state index contributed by atoms with van der Waals surface area (Å²) in [7, 11) is 1.86. The van der Waals surface area contributed by atoms with E-state index in [1.165, 1.54) is 0 Å². The lowest BCUT2D eigenvalue weighted by molar-refractivity contribution is -0.116. The molecule has 0 spiro atoms. The molecule has 2 rings (SSSR count). The van der Waals surface area contributed by atoms with Crippen molar-refractivity contribution in [3.8, 4) is 0 Å². The Balaban J connectivity index is 0.00000220. The van der Waals surface area contributed by atoms with Crippen LogP contribution in [0.15, 0.2) is 18.2 Å². The van der Waals surface area contributed by atoms with E-state index in [0.717, 1.165) is 17.7 Å². The molecule has 5 nitrogen and oxygen atoms in total. The zero-order valence-electron chi connectivity index (χ0n) is 12.6. The fraction of sp³-hybridized carbons (Fsp3) is 0.467. The SMILES string of the molecule is CNC(C)CNC(=O)c1ccc2c(c1)CCN2C(C)=O.Cl. The normalized spacial score (nSPS) is 14.1. The molecule has 0 saturated carbocycles. The number of carbonyl (C=O) groups is 2. The maximum atomic E-state index is 12.1. The number of halogens is 1. The molecule has 0 radical (unpaired) electrons. The summed E-state index contributed by atoms with van der Waals surface area (Å²) in [5.41, 5.74) is 2.64. The third kappa shape index (κ3) is 3.95. The highest BCUT2D eigenvalue weighted by atomic mass is 35.5. The standard InChI is InChI=1S/C15H21N3O2.ClH/c1-10(16-3)9-17-15(20)13-4-5-14-12(8-13)6-7-18(14)11(2)19;/h4-5,8,10,16H,6-7,9H2,1-3H3,(H,17,20);1H. The maximum Gasteiger partial charge on any atom is 0.251 e. The van der Waals surface area contributed by atoms with Crippen LogP contribution < -0.4 is 15.5 Å². The van der Waals surface area contributed by atoms with Gasteiger partial charge in [0.05, 0.1) is 0 Å². The van der Waals surface area contributed by atoms with Gasteiger partial charge < -0.3 is 15.5 Å². The summed E-state index contributed by atoms with van der Waals surface area (Å²) in [6.07, 6.45) is 0.808. The average Bonchev–Trinajstić information content (AvgIpc) is 2.87. The third-order valence-corrected chi connectivity index (χ3v) is 3.68. The Hall–Kier alpha value is -1.59. The molecule has 1 aromatic carbocycles. The molecule has 0 fully saturated rings. The van der Waals surface area contributed by atoms with E-state index in [-0.39, 0.29) is 30.3 Å². The van der Waals surface area contributed by atoms with Crippen LogP contribution in [0.2, 0.25) is 0 Å². The van der Waals surface area contributed by atoms with Crippen molar-refractivity contribution in [2.24, 2.45) is 0 Å². The van der Waals surface area contributed by atoms with Crippen LogP contribution >= 0.6 is 12.4 Å². The highest BCUT2D eigenvalue weighted by Crippen LogP contribution is 2.28. The predicted octanol–water partition coefficient (Wildman–Crippen LogP) is 1.36. The van der Waals surface area contributed by atoms with Gasteiger partial charge in [-0.15, -0.1) is 12.4 Å². The number of benzene rings is 1. The molecular formula is C15H22ClN3O2. The fourth-order valence-electron chi connectivity index (χ4n) is 2.32. The lowest BCUT2D eigenvalue weighted by Crippen LogP contribution is -2.37. The van der Waals surface area contributed by atoms with Gasteiger partial charge in [0.15, 0.2) is 0 Å². The van der Waals surface area contributed by atoms with E-state index < -0.39 is 0 Å². The number of rotatable bonds is 4. The van der Waals surface area contributed by atoms with Crippen molar-refractivity contribution in [2.75, 3.05) is 25.0 Å². The van der Waals surface area contributed by atoms with Gasteiger partial charge in [-0.25, -0.2) is 0 Å². The number of hydrogen-bond acceptors (Lipinski definition) is 3. The molecule has 116 valence electrons. The first kappa shape index (κ1) is 17.5. The van der Waals surface area contributed by atoms with Gasteiger partial charge >= 0.3 is 0 Å². The van der Waals surface area contributed by atoms with Crippen molar-refractivity contribution in [3.63, 3.8) is 0 Å². The monoisotopic (exact) mass is 311 g/mol. The largest absolute Gasteiger partial charge is 0.350 e. The minimum atomic E-state index is -0.0730. The number of hydrogen-bond donors (Lipinski definition) is 2. The van der Waals surface area contributed by atoms with Crippen LogP contribution in [0.1, 0.15) is 29.8 Å². The molecule has 1 aliphatic rings. The molecular weight excluding hydrogens is 290 g/mol. The summed E-state index contributed by atoms with van der Waals surface area (Å²) in [5.74, 6) is -0.0278. The van der Waals surface area contributed by atoms with E-state index in [1.807, 2.05) is 26.1 Å². The maximum absolute atomic E-state index is 12.1. The van der Waals surface area contributed by atoms with Crippen molar-refractivity contribution in [1.29, 1.82) is 0 Å². The second-order valence-corrected chi connectivity index (χ2v) is 5.16. The molecule has 0 aliphatic carbocycles. The van der Waals surface area contributed by atoms with E-state index in [9.17, 15) is 9.59 Å². The average molecular weight is 312 g/mol. The van der Waals surface area contributed by atoms with Crippen molar-refractivity contribution >= 4 is 29.9 Å². The van der Waals surface area contributed by atoms with Gasteiger partial charge in [-0.2, -0.15) is 0 Å². The lowest BCUT2D eigenvalue weighted by atomic mass is 10.1. The van der Waals surface area contributed by atoms with Crippen LogP contribution in [-0.2, 0) is 11.2 Å². The summed E-state index contributed by atoms with van der Waals surface area (Å²) in [6, 6.07) is 5.76. The summed E-state index contributed by atoms with van der Waals surface area (Å²) < 4.78 is 0. The van der Waals surface area contributed by atoms with E-state index >= 15 is 0 Å². The summed E-state index contributed by atoms with van der Waals surface area (Å²) in [4.78, 5) is 25.3. The zero-order valence-corrected chi connectivity index (χ0v) is 13.4. The number of carbonyl (C=O) groups excluding carboxylic acids is 2. The number of likely N-dealkylation sites (N-methyl/N-ethyl adjacent to an activating group) is 1. The quantitative estimate of drug-likeness (QED) is 0.882. The predicted molar refractivity (Wildman–Crippen MR) is 86.3 cm³/mol. The molecule has 1 unspecified atom stereocenters. The Bertz CT molecular complexity index is 534. The molecule has 2 N–H and O–H groups in total. The lowest BCUT2D eigenvalue weighted by Gasteiger charge is -2.15. The van der Waals surface area contributed by atoms with Crippen LogP contribution in [0.25, 0.3) is 0 Å². The van der Waals surface area contributed by atoms with E-state index in [1.54, 1.807) is 17.9 Å². The molecule has 6 heteroatoms. The Morgan fingerprint density at radius 2 is 2.10 bits per heavy atom. The van der Waals surface area contributed by atoms with Gasteiger partial charge in [-0.3, -0.25) is 9.59 Å². The van der Waals surface area contributed by atoms with Gasteiger partial charge in [-0.05, 0) is 44.2 Å². The van der Waals surface area contributed by atoms with Crippen molar-refractivity contribution in [1.82, 2.24) is 10.6 Å². The molecule has 1 aromatic rings. The number of nitrogens with one attached hydrogen (secondary N) is 2. The number of fused-ring (bicyclic) bond motifs is 1. The summed E-state index contributed by atoms with van der Waals surface area (Å²) in [6.45, 7) is 4.86. The van der Waals surface area contributed by atoms with Crippen LogP contribution in [0.3, 0.4) is 0 Å². The Morgan fingerprint density at radius 3 is 2.71 bits per heavy atom. The van der Waals surface area contributed by atoms with Crippen LogP contribution in [-0.4, -0.2) is 38.0 Å². The third-order valence-electron chi connectivity index (χ3n) is 3.68. The van der Waals surface area contributed by atoms with E-state index in [4.69, 9.17) is 0 Å². The van der Waals surface area contributed by atoms with Gasteiger partial charge in [0.1, 0.15) is 0 Å². The molecule has 1 atom stereocenters. The zero-order chi connectivity index (χ0) is 14.7. The van der Waals surface area contributed by atoms with Gasteiger partial charge in [0, 0.05) is 37.3 Å². The first-order valence-corrected chi connectivity index (χ1v) is 6.89. The fourth-order valence-corrected chi connectivity index (χ4v) is 2.32. The van der Waals surface area contributed by atoms with Crippen molar-refractivity contribution in [2.45, 2.75) is 26.3 Å². The number of anilines is 1. The molecule has 0 bridgehead atoms. The molecule has 1 heterocycles. The smallest absolute Gasteiger partial charge is 0.251 e. The van der Waals surface area contributed by atoms with E-state index in [0.29, 0.717) is 18.7 Å². The minimum Gasteiger partial charge on any atom is -0.350 e. The topological polar surface area (TPSA) is 61.4 Å². The van der Waals surface area contributed by atoms with Crippen LogP contribution in [0.4, 0.5) is 5.69 Å². The first-order valence-electron chi connectivity index (χ1n) is 6.89. The van der Waals surface area contributed by atoms with Crippen molar-refractivity contribution < 1.29 is 9.59 Å². The van der Waals surface area contributed by atoms with Crippen LogP contribution in [0.5, 0.6) is 0 Å². The van der Waals surface area contributed by atoms with Crippen LogP contribution in [0, 0.1) is 0 Å². The Labute approximate surface area is 131 Å².